The van der Waals surface area contributed by atoms with Crippen LogP contribution < -0.4 is 10.1 Å². The summed E-state index contributed by atoms with van der Waals surface area (Å²) in [5.74, 6) is 1.83. The van der Waals surface area contributed by atoms with Gasteiger partial charge in [-0.05, 0) is 74.2 Å². The zero-order valence-electron chi connectivity index (χ0n) is 19.3. The number of imidazole rings is 1. The highest BCUT2D eigenvalue weighted by atomic mass is 16.5. The summed E-state index contributed by atoms with van der Waals surface area (Å²) in [7, 11) is 0. The summed E-state index contributed by atoms with van der Waals surface area (Å²) in [6.07, 6.45) is 5.86. The quantitative estimate of drug-likeness (QED) is 0.356. The van der Waals surface area contributed by atoms with E-state index in [9.17, 15) is 4.79 Å². The van der Waals surface area contributed by atoms with Crippen LogP contribution in [0.5, 0.6) is 5.75 Å². The van der Waals surface area contributed by atoms with Gasteiger partial charge in [0.25, 0.3) is 5.91 Å². The second-order valence-corrected chi connectivity index (χ2v) is 8.29. The highest BCUT2D eigenvalue weighted by molar-refractivity contribution is 5.93. The predicted molar refractivity (Wildman–Crippen MR) is 131 cm³/mol. The van der Waals surface area contributed by atoms with Crippen molar-refractivity contribution in [2.24, 2.45) is 0 Å². The Hall–Kier alpha value is -3.67. The van der Waals surface area contributed by atoms with Crippen LogP contribution in [0, 0.1) is 13.8 Å². The summed E-state index contributed by atoms with van der Waals surface area (Å²) >= 11 is 0. The number of unbranched alkanes of at least 4 members (excludes halogenated alkanes) is 1. The Morgan fingerprint density at radius 3 is 2.55 bits per heavy atom. The summed E-state index contributed by atoms with van der Waals surface area (Å²) in [5, 5.41) is 2.98. The molecule has 4 aromatic rings. The second-order valence-electron chi connectivity index (χ2n) is 8.29. The number of fused-ring (bicyclic) bond motifs is 1. The molecule has 2 aromatic carbocycles. The van der Waals surface area contributed by atoms with Crippen LogP contribution in [0.15, 0.2) is 67.0 Å². The molecule has 1 amide bonds. The van der Waals surface area contributed by atoms with Crippen molar-refractivity contribution in [3.8, 4) is 5.75 Å². The van der Waals surface area contributed by atoms with Crippen molar-refractivity contribution in [3.63, 3.8) is 0 Å². The summed E-state index contributed by atoms with van der Waals surface area (Å²) in [5.41, 5.74) is 5.16. The Morgan fingerprint density at radius 2 is 1.76 bits per heavy atom. The number of rotatable bonds is 10. The molecule has 6 nitrogen and oxygen atoms in total. The number of benzene rings is 2. The van der Waals surface area contributed by atoms with Crippen LogP contribution in [0.1, 0.15) is 40.2 Å². The smallest absolute Gasteiger partial charge is 0.251 e. The van der Waals surface area contributed by atoms with E-state index in [2.05, 4.69) is 53.0 Å². The number of nitrogens with zero attached hydrogens (tertiary/aromatic N) is 3. The molecule has 0 aliphatic rings. The van der Waals surface area contributed by atoms with Crippen LogP contribution >= 0.6 is 0 Å². The van der Waals surface area contributed by atoms with Gasteiger partial charge in [-0.15, -0.1) is 0 Å². The normalized spacial score (nSPS) is 11.0. The lowest BCUT2D eigenvalue weighted by Gasteiger charge is -2.11. The third-order valence-electron chi connectivity index (χ3n) is 5.55. The molecule has 33 heavy (non-hydrogen) atoms. The number of carbonyl (C=O) groups excluding carboxylic acids is 1. The molecule has 1 N–H and O–H groups in total. The lowest BCUT2D eigenvalue weighted by Crippen LogP contribution is -2.26. The third-order valence-corrected chi connectivity index (χ3v) is 5.55. The number of hydrogen-bond acceptors (Lipinski definition) is 4. The first-order valence-electron chi connectivity index (χ1n) is 11.4. The highest BCUT2D eigenvalue weighted by Crippen LogP contribution is 2.19. The van der Waals surface area contributed by atoms with Gasteiger partial charge in [-0.25, -0.2) is 4.98 Å². The molecule has 0 aliphatic carbocycles. The molecule has 2 heterocycles. The molecule has 0 atom stereocenters. The van der Waals surface area contributed by atoms with Gasteiger partial charge in [0.2, 0.25) is 0 Å². The van der Waals surface area contributed by atoms with Crippen molar-refractivity contribution in [1.82, 2.24) is 19.9 Å². The maximum absolute atomic E-state index is 12.3. The standard InChI is InChI=1S/C27H30N4O2/c1-20-17-21(2)19-23(18-20)33-16-6-5-15-31-25-8-4-3-7-24(25)30-26(31)11-14-29-27(32)22-9-12-28-13-10-22/h3-4,7-10,12-13,17-19H,5-6,11,14-16H2,1-2H3,(H,29,32). The van der Waals surface area contributed by atoms with Crippen LogP contribution in [0.3, 0.4) is 0 Å². The summed E-state index contributed by atoms with van der Waals surface area (Å²) in [4.78, 5) is 21.1. The van der Waals surface area contributed by atoms with Crippen molar-refractivity contribution in [3.05, 3.63) is 89.5 Å². The third kappa shape index (κ3) is 5.98. The van der Waals surface area contributed by atoms with Gasteiger partial charge in [0.05, 0.1) is 17.6 Å². The van der Waals surface area contributed by atoms with Gasteiger partial charge in [-0.2, -0.15) is 0 Å². The van der Waals surface area contributed by atoms with E-state index in [4.69, 9.17) is 9.72 Å². The first-order chi connectivity index (χ1) is 16.1. The van der Waals surface area contributed by atoms with E-state index in [0.717, 1.165) is 42.0 Å². The number of ether oxygens (including phenoxy) is 1. The zero-order valence-corrected chi connectivity index (χ0v) is 19.3. The van der Waals surface area contributed by atoms with E-state index in [1.54, 1.807) is 24.5 Å². The molecule has 4 rings (SSSR count). The molecule has 6 heteroatoms. The van der Waals surface area contributed by atoms with Gasteiger partial charge in [0.15, 0.2) is 0 Å². The zero-order chi connectivity index (χ0) is 23.0. The Kier molecular flexibility index (Phi) is 7.35. The van der Waals surface area contributed by atoms with Crippen LogP contribution in [-0.2, 0) is 13.0 Å². The minimum Gasteiger partial charge on any atom is -0.494 e. The number of aromatic nitrogens is 3. The van der Waals surface area contributed by atoms with E-state index in [1.165, 1.54) is 11.1 Å². The minimum absolute atomic E-state index is 0.0939. The summed E-state index contributed by atoms with van der Waals surface area (Å²) in [6, 6.07) is 17.9. The van der Waals surface area contributed by atoms with Crippen molar-refractivity contribution in [2.75, 3.05) is 13.2 Å². The number of amides is 1. The molecule has 0 spiro atoms. The number of aryl methyl sites for hydroxylation is 3. The Balaban J connectivity index is 1.33. The number of pyridine rings is 1. The van der Waals surface area contributed by atoms with Crippen molar-refractivity contribution in [1.29, 1.82) is 0 Å². The van der Waals surface area contributed by atoms with E-state index >= 15 is 0 Å². The minimum atomic E-state index is -0.0939. The Labute approximate surface area is 194 Å². The number of para-hydroxylation sites is 2. The fourth-order valence-electron chi connectivity index (χ4n) is 4.04. The molecular weight excluding hydrogens is 412 g/mol. The molecule has 0 saturated heterocycles. The average Bonchev–Trinajstić information content (AvgIpc) is 3.16. The van der Waals surface area contributed by atoms with Crippen LogP contribution in [0.2, 0.25) is 0 Å². The lowest BCUT2D eigenvalue weighted by molar-refractivity contribution is 0.0954. The number of carbonyl (C=O) groups is 1. The van der Waals surface area contributed by atoms with Gasteiger partial charge >= 0.3 is 0 Å². The summed E-state index contributed by atoms with van der Waals surface area (Å²) in [6.45, 7) is 6.26. The maximum atomic E-state index is 12.3. The van der Waals surface area contributed by atoms with E-state index in [-0.39, 0.29) is 5.91 Å². The largest absolute Gasteiger partial charge is 0.494 e. The topological polar surface area (TPSA) is 69.0 Å². The summed E-state index contributed by atoms with van der Waals surface area (Å²) < 4.78 is 8.23. The van der Waals surface area contributed by atoms with Crippen LogP contribution in [0.4, 0.5) is 0 Å². The molecule has 0 unspecified atom stereocenters. The SMILES string of the molecule is Cc1cc(C)cc(OCCCCn2c(CCNC(=O)c3ccncc3)nc3ccccc32)c1. The maximum Gasteiger partial charge on any atom is 0.251 e. The monoisotopic (exact) mass is 442 g/mol. The average molecular weight is 443 g/mol. The molecule has 170 valence electrons. The highest BCUT2D eigenvalue weighted by Gasteiger charge is 2.11. The Morgan fingerprint density at radius 1 is 1.00 bits per heavy atom. The fourth-order valence-corrected chi connectivity index (χ4v) is 4.04. The van der Waals surface area contributed by atoms with Crippen molar-refractivity contribution in [2.45, 2.75) is 39.7 Å². The molecule has 0 radical (unpaired) electrons. The molecule has 0 bridgehead atoms. The molecule has 0 aliphatic heterocycles. The van der Waals surface area contributed by atoms with Gasteiger partial charge in [-0.3, -0.25) is 9.78 Å². The van der Waals surface area contributed by atoms with E-state index in [1.807, 2.05) is 18.2 Å². The fraction of sp³-hybridized carbons (Fsp3) is 0.296. The first kappa shape index (κ1) is 22.5. The molecule has 0 saturated carbocycles. The van der Waals surface area contributed by atoms with Gasteiger partial charge in [0, 0.05) is 37.5 Å². The molecule has 2 aromatic heterocycles. The second kappa shape index (κ2) is 10.8. The predicted octanol–water partition coefficient (Wildman–Crippen LogP) is 4.88. The van der Waals surface area contributed by atoms with Crippen LogP contribution in [0.25, 0.3) is 11.0 Å². The Bertz CT molecular complexity index is 1200. The lowest BCUT2D eigenvalue weighted by atomic mass is 10.1. The molecule has 0 fully saturated rings. The van der Waals surface area contributed by atoms with Crippen molar-refractivity contribution < 1.29 is 9.53 Å². The number of hydrogen-bond donors (Lipinski definition) is 1. The molecular formula is C27H30N4O2. The van der Waals surface area contributed by atoms with Gasteiger partial charge in [-0.1, -0.05) is 18.2 Å². The van der Waals surface area contributed by atoms with Gasteiger partial charge in [0.1, 0.15) is 11.6 Å². The van der Waals surface area contributed by atoms with E-state index < -0.39 is 0 Å². The number of nitrogens with one attached hydrogen (secondary N) is 1. The van der Waals surface area contributed by atoms with Crippen LogP contribution in [-0.4, -0.2) is 33.6 Å². The van der Waals surface area contributed by atoms with E-state index in [0.29, 0.717) is 25.1 Å². The van der Waals surface area contributed by atoms with Gasteiger partial charge < -0.3 is 14.6 Å². The first-order valence-corrected chi connectivity index (χ1v) is 11.4. The van der Waals surface area contributed by atoms with Crippen molar-refractivity contribution >= 4 is 16.9 Å².